The van der Waals surface area contributed by atoms with Gasteiger partial charge in [-0.1, -0.05) is 51.9 Å². The molecule has 1 heterocycles. The predicted molar refractivity (Wildman–Crippen MR) is 105 cm³/mol. The third-order valence-electron chi connectivity index (χ3n) is 3.88. The normalized spacial score (nSPS) is 11.1. The van der Waals surface area contributed by atoms with Gasteiger partial charge in [-0.15, -0.1) is 11.3 Å². The van der Waals surface area contributed by atoms with Crippen LogP contribution in [0.15, 0.2) is 16.8 Å². The minimum absolute atomic E-state index is 0.582. The molecule has 0 atom stereocenters. The number of unbranched alkanes of at least 4 members (excludes halogenated alkanes) is 7. The van der Waals surface area contributed by atoms with E-state index < -0.39 is 0 Å². The molecule has 0 aliphatic carbocycles. The lowest BCUT2D eigenvalue weighted by Crippen LogP contribution is -2.12. The second-order valence-corrected chi connectivity index (χ2v) is 6.90. The van der Waals surface area contributed by atoms with Gasteiger partial charge in [-0.05, 0) is 17.9 Å². The Morgan fingerprint density at radius 1 is 0.680 bits per heavy atom. The van der Waals surface area contributed by atoms with Crippen molar-refractivity contribution in [2.24, 2.45) is 0 Å². The van der Waals surface area contributed by atoms with Gasteiger partial charge in [-0.3, -0.25) is 0 Å². The van der Waals surface area contributed by atoms with Crippen molar-refractivity contribution < 1.29 is 18.9 Å². The van der Waals surface area contributed by atoms with Crippen LogP contribution in [0.2, 0.25) is 0 Å². The Kier molecular flexibility index (Phi) is 16.3. The first-order valence-corrected chi connectivity index (χ1v) is 10.8. The van der Waals surface area contributed by atoms with Gasteiger partial charge in [0.25, 0.3) is 0 Å². The van der Waals surface area contributed by atoms with Gasteiger partial charge in [0.15, 0.2) is 0 Å². The topological polar surface area (TPSA) is 36.9 Å². The molecule has 5 heteroatoms. The molecule has 1 rings (SSSR count). The lowest BCUT2D eigenvalue weighted by Gasteiger charge is -2.07. The number of ether oxygens (including phenoxy) is 4. The summed E-state index contributed by atoms with van der Waals surface area (Å²) in [7, 11) is 0. The molecule has 0 aliphatic heterocycles. The second-order valence-electron chi connectivity index (χ2n) is 6.12. The molecule has 0 saturated heterocycles. The molecule has 0 radical (unpaired) electrons. The molecule has 0 N–H and O–H groups in total. The smallest absolute Gasteiger partial charge is 0.130 e. The SMILES string of the molecule is CCCCCCCCCCOCCOCCOCCOc1ccsc1. The minimum atomic E-state index is 0.582. The van der Waals surface area contributed by atoms with Crippen LogP contribution in [0.1, 0.15) is 58.3 Å². The summed E-state index contributed by atoms with van der Waals surface area (Å²) in [6.07, 6.45) is 10.7. The third-order valence-corrected chi connectivity index (χ3v) is 4.54. The van der Waals surface area contributed by atoms with Gasteiger partial charge >= 0.3 is 0 Å². The van der Waals surface area contributed by atoms with E-state index >= 15 is 0 Å². The van der Waals surface area contributed by atoms with Crippen LogP contribution in [0.5, 0.6) is 5.75 Å². The van der Waals surface area contributed by atoms with Crippen LogP contribution in [0.3, 0.4) is 0 Å². The Hall–Kier alpha value is -0.620. The van der Waals surface area contributed by atoms with Gasteiger partial charge < -0.3 is 18.9 Å². The molecule has 1 aromatic rings. The molecular formula is C20H36O4S. The standard InChI is InChI=1S/C20H36O4S/c1-2-3-4-5-6-7-8-9-11-21-12-13-22-14-15-23-16-17-24-20-10-18-25-19-20/h10,18-19H,2-9,11-17H2,1H3. The maximum absolute atomic E-state index is 5.58. The molecule has 1 aromatic heterocycles. The third kappa shape index (κ3) is 15.4. The van der Waals surface area contributed by atoms with E-state index in [0.717, 1.165) is 12.4 Å². The highest BCUT2D eigenvalue weighted by Gasteiger charge is 1.95. The summed E-state index contributed by atoms with van der Waals surface area (Å²) in [5, 5.41) is 3.98. The number of hydrogen-bond acceptors (Lipinski definition) is 5. The van der Waals surface area contributed by atoms with E-state index in [-0.39, 0.29) is 0 Å². The van der Waals surface area contributed by atoms with Crippen LogP contribution in [-0.2, 0) is 14.2 Å². The summed E-state index contributed by atoms with van der Waals surface area (Å²) < 4.78 is 22.0. The zero-order valence-electron chi connectivity index (χ0n) is 15.9. The summed E-state index contributed by atoms with van der Waals surface area (Å²) >= 11 is 1.63. The maximum Gasteiger partial charge on any atom is 0.130 e. The lowest BCUT2D eigenvalue weighted by atomic mass is 10.1. The highest BCUT2D eigenvalue weighted by Crippen LogP contribution is 2.14. The summed E-state index contributed by atoms with van der Waals surface area (Å²) in [4.78, 5) is 0. The van der Waals surface area contributed by atoms with Gasteiger partial charge in [0.1, 0.15) is 12.4 Å². The summed E-state index contributed by atoms with van der Waals surface area (Å²) in [6, 6.07) is 1.96. The molecule has 146 valence electrons. The molecular weight excluding hydrogens is 336 g/mol. The molecule has 4 nitrogen and oxygen atoms in total. The van der Waals surface area contributed by atoms with Crippen molar-refractivity contribution in [2.45, 2.75) is 58.3 Å². The van der Waals surface area contributed by atoms with E-state index in [1.807, 2.05) is 16.8 Å². The molecule has 0 unspecified atom stereocenters. The molecule has 0 saturated carbocycles. The average Bonchev–Trinajstić information content (AvgIpc) is 3.14. The second kappa shape index (κ2) is 18.2. The molecule has 0 spiro atoms. The molecule has 0 aromatic carbocycles. The van der Waals surface area contributed by atoms with Crippen molar-refractivity contribution >= 4 is 11.3 Å². The Balaban J connectivity index is 1.65. The fraction of sp³-hybridized carbons (Fsp3) is 0.800. The van der Waals surface area contributed by atoms with Crippen LogP contribution in [0, 0.1) is 0 Å². The Morgan fingerprint density at radius 3 is 1.84 bits per heavy atom. The van der Waals surface area contributed by atoms with Gasteiger partial charge in [0.2, 0.25) is 0 Å². The zero-order chi connectivity index (χ0) is 17.8. The van der Waals surface area contributed by atoms with Crippen molar-refractivity contribution in [1.29, 1.82) is 0 Å². The highest BCUT2D eigenvalue weighted by atomic mass is 32.1. The zero-order valence-corrected chi connectivity index (χ0v) is 16.7. The van der Waals surface area contributed by atoms with Crippen LogP contribution in [0.4, 0.5) is 0 Å². The quantitative estimate of drug-likeness (QED) is 0.308. The van der Waals surface area contributed by atoms with E-state index in [1.54, 1.807) is 11.3 Å². The van der Waals surface area contributed by atoms with Crippen LogP contribution in [0.25, 0.3) is 0 Å². The Bertz CT molecular complexity index is 357. The van der Waals surface area contributed by atoms with Crippen molar-refractivity contribution in [3.63, 3.8) is 0 Å². The predicted octanol–water partition coefficient (Wildman–Crippen LogP) is 5.32. The fourth-order valence-electron chi connectivity index (χ4n) is 2.43. The molecule has 0 bridgehead atoms. The van der Waals surface area contributed by atoms with Gasteiger partial charge in [0.05, 0.1) is 33.0 Å². The van der Waals surface area contributed by atoms with Crippen LogP contribution in [-0.4, -0.2) is 46.2 Å². The van der Waals surface area contributed by atoms with Crippen LogP contribution < -0.4 is 4.74 Å². The average molecular weight is 373 g/mol. The van der Waals surface area contributed by atoms with Gasteiger partial charge in [-0.25, -0.2) is 0 Å². The summed E-state index contributed by atoms with van der Waals surface area (Å²) in [6.45, 7) is 6.83. The van der Waals surface area contributed by atoms with Crippen molar-refractivity contribution in [3.05, 3.63) is 16.8 Å². The van der Waals surface area contributed by atoms with E-state index in [1.165, 1.54) is 51.4 Å². The first-order valence-electron chi connectivity index (χ1n) is 9.81. The van der Waals surface area contributed by atoms with Crippen molar-refractivity contribution in [3.8, 4) is 5.75 Å². The molecule has 0 amide bonds. The lowest BCUT2D eigenvalue weighted by molar-refractivity contribution is 0.00880. The van der Waals surface area contributed by atoms with Crippen molar-refractivity contribution in [2.75, 3.05) is 46.2 Å². The van der Waals surface area contributed by atoms with E-state index in [2.05, 4.69) is 6.92 Å². The number of thiophene rings is 1. The minimum Gasteiger partial charge on any atom is -0.490 e. The first-order chi connectivity index (χ1) is 12.4. The molecule has 25 heavy (non-hydrogen) atoms. The monoisotopic (exact) mass is 372 g/mol. The van der Waals surface area contributed by atoms with E-state index in [0.29, 0.717) is 39.6 Å². The summed E-state index contributed by atoms with van der Waals surface area (Å²) in [5.74, 6) is 0.915. The highest BCUT2D eigenvalue weighted by molar-refractivity contribution is 7.08. The fourth-order valence-corrected chi connectivity index (χ4v) is 3.00. The van der Waals surface area contributed by atoms with Gasteiger partial charge in [-0.2, -0.15) is 0 Å². The Labute approximate surface area is 157 Å². The maximum atomic E-state index is 5.58. The molecule has 0 fully saturated rings. The van der Waals surface area contributed by atoms with E-state index in [4.69, 9.17) is 18.9 Å². The van der Waals surface area contributed by atoms with Crippen LogP contribution >= 0.6 is 11.3 Å². The molecule has 0 aliphatic rings. The van der Waals surface area contributed by atoms with E-state index in [9.17, 15) is 0 Å². The van der Waals surface area contributed by atoms with Crippen molar-refractivity contribution in [1.82, 2.24) is 0 Å². The number of hydrogen-bond donors (Lipinski definition) is 0. The summed E-state index contributed by atoms with van der Waals surface area (Å²) in [5.41, 5.74) is 0. The largest absolute Gasteiger partial charge is 0.490 e. The van der Waals surface area contributed by atoms with Gasteiger partial charge in [0, 0.05) is 12.0 Å². The first kappa shape index (κ1) is 22.4. The Morgan fingerprint density at radius 2 is 1.24 bits per heavy atom. The number of rotatable bonds is 19.